The van der Waals surface area contributed by atoms with E-state index in [1.165, 1.54) is 0 Å². The van der Waals surface area contributed by atoms with Crippen LogP contribution in [0.15, 0.2) is 29.5 Å². The van der Waals surface area contributed by atoms with E-state index in [-0.39, 0.29) is 11.0 Å². The van der Waals surface area contributed by atoms with Gasteiger partial charge in [0.2, 0.25) is 0 Å². The molecule has 1 unspecified atom stereocenters. The fourth-order valence-electron chi connectivity index (χ4n) is 3.25. The molecule has 0 saturated carbocycles. The van der Waals surface area contributed by atoms with Crippen LogP contribution in [0.1, 0.15) is 45.0 Å². The summed E-state index contributed by atoms with van der Waals surface area (Å²) >= 11 is 0. The average Bonchev–Trinajstić information content (AvgIpc) is 3.10. The zero-order valence-electron chi connectivity index (χ0n) is 15.1. The highest BCUT2D eigenvalue weighted by Crippen LogP contribution is 2.21. The first-order valence-electron chi connectivity index (χ1n) is 8.62. The number of imidazole rings is 1. The normalized spacial score (nSPS) is 19.1. The molecule has 1 fully saturated rings. The molecule has 0 radical (unpaired) electrons. The fourth-order valence-corrected chi connectivity index (χ4v) is 3.25. The van der Waals surface area contributed by atoms with Crippen LogP contribution in [0.4, 0.5) is 0 Å². The maximum Gasteiger partial charge on any atom is 0.266 e. The molecule has 6 nitrogen and oxygen atoms in total. The van der Waals surface area contributed by atoms with Crippen LogP contribution in [-0.2, 0) is 25.6 Å². The van der Waals surface area contributed by atoms with Gasteiger partial charge in [0.1, 0.15) is 0 Å². The Labute approximate surface area is 143 Å². The highest BCUT2D eigenvalue weighted by Gasteiger charge is 2.26. The molecule has 130 valence electrons. The first-order chi connectivity index (χ1) is 11.3. The van der Waals surface area contributed by atoms with E-state index in [9.17, 15) is 4.79 Å². The Kier molecular flexibility index (Phi) is 4.58. The monoisotopic (exact) mass is 329 g/mol. The summed E-state index contributed by atoms with van der Waals surface area (Å²) in [6, 6.07) is 3.83. The third kappa shape index (κ3) is 3.75. The van der Waals surface area contributed by atoms with Crippen molar-refractivity contribution in [2.24, 2.45) is 7.05 Å². The topological polar surface area (TPSA) is 56.0 Å². The molecule has 0 amide bonds. The first-order valence-corrected chi connectivity index (χ1v) is 8.62. The van der Waals surface area contributed by atoms with E-state index in [1.54, 1.807) is 10.7 Å². The molecule has 0 bridgehead atoms. The van der Waals surface area contributed by atoms with Crippen molar-refractivity contribution in [3.05, 3.63) is 46.4 Å². The van der Waals surface area contributed by atoms with Crippen molar-refractivity contribution in [2.75, 3.05) is 6.54 Å². The minimum Gasteiger partial charge on any atom is -0.340 e. The SMILES string of the molecule is Cn1cnc(CN2CCCC2Cn2nc(C(C)(C)C)ccc2=O)c1. The standard InChI is InChI=1S/C18H27N5O/c1-18(2,3)16-7-8-17(24)23(20-16)12-15-6-5-9-22(15)11-14-10-21(4)13-19-14/h7-8,10,13,15H,5-6,9,11-12H2,1-4H3. The van der Waals surface area contributed by atoms with Gasteiger partial charge in [-0.2, -0.15) is 5.10 Å². The molecular formula is C18H27N5O. The summed E-state index contributed by atoms with van der Waals surface area (Å²) in [5.74, 6) is 0. The number of rotatable bonds is 4. The van der Waals surface area contributed by atoms with Crippen LogP contribution in [0.5, 0.6) is 0 Å². The number of aryl methyl sites for hydroxylation is 1. The molecule has 2 aromatic rings. The summed E-state index contributed by atoms with van der Waals surface area (Å²) in [5.41, 5.74) is 1.95. The van der Waals surface area contributed by atoms with Gasteiger partial charge < -0.3 is 4.57 Å². The smallest absolute Gasteiger partial charge is 0.266 e. The molecule has 0 N–H and O–H groups in total. The Bertz CT molecular complexity index is 755. The van der Waals surface area contributed by atoms with E-state index in [2.05, 4.69) is 42.0 Å². The molecule has 1 saturated heterocycles. The summed E-state index contributed by atoms with van der Waals surface area (Å²) in [5, 5.41) is 4.61. The summed E-state index contributed by atoms with van der Waals surface area (Å²) in [6.07, 6.45) is 6.14. The second-order valence-electron chi connectivity index (χ2n) is 7.79. The summed E-state index contributed by atoms with van der Waals surface area (Å²) in [4.78, 5) is 19.1. The molecule has 3 heterocycles. The molecule has 0 spiro atoms. The van der Waals surface area contributed by atoms with Crippen molar-refractivity contribution in [3.63, 3.8) is 0 Å². The highest BCUT2D eigenvalue weighted by molar-refractivity contribution is 5.10. The molecule has 1 aliphatic heterocycles. The van der Waals surface area contributed by atoms with Crippen molar-refractivity contribution in [2.45, 2.75) is 58.2 Å². The van der Waals surface area contributed by atoms with Gasteiger partial charge in [-0.25, -0.2) is 9.67 Å². The van der Waals surface area contributed by atoms with Gasteiger partial charge in [0, 0.05) is 37.3 Å². The largest absolute Gasteiger partial charge is 0.340 e. The number of hydrogen-bond acceptors (Lipinski definition) is 4. The minimum atomic E-state index is -0.0568. The van der Waals surface area contributed by atoms with Crippen LogP contribution >= 0.6 is 0 Å². The van der Waals surface area contributed by atoms with Gasteiger partial charge in [-0.1, -0.05) is 20.8 Å². The number of nitrogens with zero attached hydrogens (tertiary/aromatic N) is 5. The predicted octanol–water partition coefficient (Wildman–Crippen LogP) is 1.94. The van der Waals surface area contributed by atoms with Crippen LogP contribution in [0.3, 0.4) is 0 Å². The molecule has 0 aliphatic carbocycles. The molecule has 2 aromatic heterocycles. The van der Waals surface area contributed by atoms with Crippen molar-refractivity contribution >= 4 is 0 Å². The lowest BCUT2D eigenvalue weighted by molar-refractivity contribution is 0.213. The Morgan fingerprint density at radius 3 is 2.75 bits per heavy atom. The van der Waals surface area contributed by atoms with Gasteiger partial charge >= 0.3 is 0 Å². The van der Waals surface area contributed by atoms with Crippen LogP contribution < -0.4 is 5.56 Å². The molecule has 24 heavy (non-hydrogen) atoms. The molecule has 1 atom stereocenters. The predicted molar refractivity (Wildman–Crippen MR) is 93.8 cm³/mol. The summed E-state index contributed by atoms with van der Waals surface area (Å²) in [6.45, 7) is 8.89. The highest BCUT2D eigenvalue weighted by atomic mass is 16.1. The van der Waals surface area contributed by atoms with Crippen molar-refractivity contribution < 1.29 is 0 Å². The molecule has 3 rings (SSSR count). The number of likely N-dealkylation sites (tertiary alicyclic amines) is 1. The van der Waals surface area contributed by atoms with Gasteiger partial charge in [-0.15, -0.1) is 0 Å². The van der Waals surface area contributed by atoms with Crippen LogP contribution in [0, 0.1) is 0 Å². The maximum atomic E-state index is 12.2. The molecular weight excluding hydrogens is 302 g/mol. The van der Waals surface area contributed by atoms with E-state index in [0.717, 1.165) is 37.3 Å². The van der Waals surface area contributed by atoms with E-state index in [0.29, 0.717) is 12.6 Å². The maximum absolute atomic E-state index is 12.2. The van der Waals surface area contributed by atoms with Crippen molar-refractivity contribution in [1.82, 2.24) is 24.2 Å². The van der Waals surface area contributed by atoms with Crippen molar-refractivity contribution in [1.29, 1.82) is 0 Å². The van der Waals surface area contributed by atoms with E-state index in [1.807, 2.05) is 24.0 Å². The lowest BCUT2D eigenvalue weighted by atomic mass is 9.92. The number of hydrogen-bond donors (Lipinski definition) is 0. The molecule has 6 heteroatoms. The molecule has 0 aromatic carbocycles. The second kappa shape index (κ2) is 6.51. The van der Waals surface area contributed by atoms with Crippen molar-refractivity contribution in [3.8, 4) is 0 Å². The van der Waals surface area contributed by atoms with Crippen LogP contribution in [-0.4, -0.2) is 36.8 Å². The Hall–Kier alpha value is -1.95. The zero-order chi connectivity index (χ0) is 17.3. The fraction of sp³-hybridized carbons (Fsp3) is 0.611. The second-order valence-corrected chi connectivity index (χ2v) is 7.79. The minimum absolute atomic E-state index is 0.0207. The van der Waals surface area contributed by atoms with Gasteiger partial charge in [-0.05, 0) is 25.5 Å². The van der Waals surface area contributed by atoms with Gasteiger partial charge in [0.15, 0.2) is 0 Å². The van der Waals surface area contributed by atoms with Gasteiger partial charge in [0.25, 0.3) is 5.56 Å². The van der Waals surface area contributed by atoms with E-state index < -0.39 is 0 Å². The van der Waals surface area contributed by atoms with Crippen LogP contribution in [0.2, 0.25) is 0 Å². The number of aromatic nitrogens is 4. The lowest BCUT2D eigenvalue weighted by Crippen LogP contribution is -2.37. The van der Waals surface area contributed by atoms with Gasteiger partial charge in [-0.3, -0.25) is 9.69 Å². The Balaban J connectivity index is 1.76. The molecule has 1 aliphatic rings. The lowest BCUT2D eigenvalue weighted by Gasteiger charge is -2.25. The third-order valence-corrected chi connectivity index (χ3v) is 4.64. The van der Waals surface area contributed by atoms with E-state index in [4.69, 9.17) is 0 Å². The summed E-state index contributed by atoms with van der Waals surface area (Å²) in [7, 11) is 1.99. The van der Waals surface area contributed by atoms with Crippen LogP contribution in [0.25, 0.3) is 0 Å². The zero-order valence-corrected chi connectivity index (χ0v) is 15.1. The average molecular weight is 329 g/mol. The quantitative estimate of drug-likeness (QED) is 0.860. The third-order valence-electron chi connectivity index (χ3n) is 4.64. The van der Waals surface area contributed by atoms with Gasteiger partial charge in [0.05, 0.1) is 24.3 Å². The first kappa shape index (κ1) is 16.9. The Morgan fingerprint density at radius 2 is 2.08 bits per heavy atom. The summed E-state index contributed by atoms with van der Waals surface area (Å²) < 4.78 is 3.61. The Morgan fingerprint density at radius 1 is 1.29 bits per heavy atom. The van der Waals surface area contributed by atoms with E-state index >= 15 is 0 Å².